The Bertz CT molecular complexity index is 420. The summed E-state index contributed by atoms with van der Waals surface area (Å²) < 4.78 is 12.7. The second-order valence-electron chi connectivity index (χ2n) is 4.23. The topological polar surface area (TPSA) is 53.2 Å². The summed E-state index contributed by atoms with van der Waals surface area (Å²) in [5, 5.41) is 3.07. The van der Waals surface area contributed by atoms with E-state index in [9.17, 15) is 9.18 Å². The molecule has 0 bridgehead atoms. The standard InChI is InChI=1S/C12H16FN3OS/c1-8(2)7-11(17)15-16-12(18)14-10-5-3-9(13)4-6-10/h3-6,8H,7H2,1-2H3,(H,15,17)(H2,14,16,18). The summed E-state index contributed by atoms with van der Waals surface area (Å²) >= 11 is 4.97. The number of rotatable bonds is 3. The Kier molecular flexibility index (Phi) is 5.51. The van der Waals surface area contributed by atoms with E-state index in [2.05, 4.69) is 16.2 Å². The van der Waals surface area contributed by atoms with Gasteiger partial charge in [-0.3, -0.25) is 15.6 Å². The Morgan fingerprint density at radius 3 is 2.44 bits per heavy atom. The molecular formula is C12H16FN3OS. The van der Waals surface area contributed by atoms with E-state index in [0.717, 1.165) is 0 Å². The van der Waals surface area contributed by atoms with Crippen LogP contribution in [0.1, 0.15) is 20.3 Å². The molecular weight excluding hydrogens is 253 g/mol. The summed E-state index contributed by atoms with van der Waals surface area (Å²) in [5.74, 6) is -0.164. The molecule has 0 aliphatic rings. The van der Waals surface area contributed by atoms with Crippen LogP contribution in [0.5, 0.6) is 0 Å². The molecule has 0 unspecified atom stereocenters. The smallest absolute Gasteiger partial charge is 0.238 e. The fraction of sp³-hybridized carbons (Fsp3) is 0.333. The molecule has 1 amide bonds. The van der Waals surface area contributed by atoms with Crippen molar-refractivity contribution in [2.75, 3.05) is 5.32 Å². The van der Waals surface area contributed by atoms with Gasteiger partial charge in [0.25, 0.3) is 0 Å². The van der Waals surface area contributed by atoms with E-state index in [1.54, 1.807) is 12.1 Å². The van der Waals surface area contributed by atoms with E-state index in [1.165, 1.54) is 12.1 Å². The molecule has 98 valence electrons. The molecule has 0 saturated carbocycles. The quantitative estimate of drug-likeness (QED) is 0.581. The van der Waals surface area contributed by atoms with Crippen LogP contribution in [0.3, 0.4) is 0 Å². The minimum Gasteiger partial charge on any atom is -0.331 e. The Hall–Kier alpha value is -1.69. The Morgan fingerprint density at radius 2 is 1.89 bits per heavy atom. The van der Waals surface area contributed by atoms with E-state index in [-0.39, 0.29) is 22.8 Å². The van der Waals surface area contributed by atoms with Crippen LogP contribution in [0.2, 0.25) is 0 Å². The molecule has 0 aliphatic carbocycles. The number of hydrogen-bond acceptors (Lipinski definition) is 2. The molecule has 3 N–H and O–H groups in total. The van der Waals surface area contributed by atoms with Crippen molar-refractivity contribution in [2.24, 2.45) is 5.92 Å². The van der Waals surface area contributed by atoms with Crippen molar-refractivity contribution in [3.63, 3.8) is 0 Å². The number of hydrogen-bond donors (Lipinski definition) is 3. The predicted octanol–water partition coefficient (Wildman–Crippen LogP) is 2.19. The minimum atomic E-state index is -0.315. The minimum absolute atomic E-state index is 0.131. The summed E-state index contributed by atoms with van der Waals surface area (Å²) in [7, 11) is 0. The highest BCUT2D eigenvalue weighted by molar-refractivity contribution is 7.80. The van der Waals surface area contributed by atoms with Gasteiger partial charge in [0, 0.05) is 12.1 Å². The number of carbonyl (C=O) groups excluding carboxylic acids is 1. The van der Waals surface area contributed by atoms with Crippen LogP contribution in [-0.2, 0) is 4.79 Å². The van der Waals surface area contributed by atoms with Crippen molar-refractivity contribution in [2.45, 2.75) is 20.3 Å². The molecule has 4 nitrogen and oxygen atoms in total. The van der Waals surface area contributed by atoms with Crippen molar-refractivity contribution in [1.29, 1.82) is 0 Å². The molecule has 0 radical (unpaired) electrons. The van der Waals surface area contributed by atoms with Gasteiger partial charge in [-0.05, 0) is 42.4 Å². The van der Waals surface area contributed by atoms with Crippen molar-refractivity contribution >= 4 is 28.9 Å². The largest absolute Gasteiger partial charge is 0.331 e. The molecule has 18 heavy (non-hydrogen) atoms. The molecule has 1 aromatic carbocycles. The number of anilines is 1. The molecule has 0 aromatic heterocycles. The predicted molar refractivity (Wildman–Crippen MR) is 73.4 cm³/mol. The number of carbonyl (C=O) groups is 1. The average molecular weight is 269 g/mol. The molecule has 0 atom stereocenters. The molecule has 0 aliphatic heterocycles. The van der Waals surface area contributed by atoms with Crippen LogP contribution in [-0.4, -0.2) is 11.0 Å². The zero-order chi connectivity index (χ0) is 13.5. The summed E-state index contributed by atoms with van der Waals surface area (Å²) in [6.45, 7) is 3.91. The number of hydrazine groups is 1. The first-order valence-corrected chi connectivity index (χ1v) is 5.99. The number of thiocarbonyl (C=S) groups is 1. The van der Waals surface area contributed by atoms with Gasteiger partial charge < -0.3 is 5.32 Å². The highest BCUT2D eigenvalue weighted by Gasteiger charge is 2.04. The van der Waals surface area contributed by atoms with E-state index in [4.69, 9.17) is 12.2 Å². The highest BCUT2D eigenvalue weighted by atomic mass is 32.1. The first-order chi connectivity index (χ1) is 8.47. The monoisotopic (exact) mass is 269 g/mol. The zero-order valence-corrected chi connectivity index (χ0v) is 11.1. The lowest BCUT2D eigenvalue weighted by Gasteiger charge is -2.12. The van der Waals surface area contributed by atoms with Gasteiger partial charge in [0.05, 0.1) is 0 Å². The molecule has 6 heteroatoms. The van der Waals surface area contributed by atoms with Crippen LogP contribution < -0.4 is 16.2 Å². The van der Waals surface area contributed by atoms with Crippen molar-refractivity contribution in [1.82, 2.24) is 10.9 Å². The molecule has 0 fully saturated rings. The second-order valence-corrected chi connectivity index (χ2v) is 4.64. The van der Waals surface area contributed by atoms with Gasteiger partial charge in [0.2, 0.25) is 5.91 Å². The Balaban J connectivity index is 2.34. The van der Waals surface area contributed by atoms with Gasteiger partial charge in [0.1, 0.15) is 5.82 Å². The van der Waals surface area contributed by atoms with Gasteiger partial charge in [-0.1, -0.05) is 13.8 Å². The third-order valence-corrected chi connectivity index (χ3v) is 2.22. The lowest BCUT2D eigenvalue weighted by atomic mass is 10.1. The molecule has 1 rings (SSSR count). The van der Waals surface area contributed by atoms with Gasteiger partial charge in [-0.15, -0.1) is 0 Å². The second kappa shape index (κ2) is 6.90. The van der Waals surface area contributed by atoms with Crippen LogP contribution >= 0.6 is 12.2 Å². The molecule has 0 saturated heterocycles. The fourth-order valence-electron chi connectivity index (χ4n) is 1.24. The van der Waals surface area contributed by atoms with Gasteiger partial charge >= 0.3 is 0 Å². The molecule has 0 heterocycles. The molecule has 1 aromatic rings. The SMILES string of the molecule is CC(C)CC(=O)NNC(=S)Nc1ccc(F)cc1. The van der Waals surface area contributed by atoms with Crippen molar-refractivity contribution in [3.8, 4) is 0 Å². The third kappa shape index (κ3) is 5.58. The fourth-order valence-corrected chi connectivity index (χ4v) is 1.41. The van der Waals surface area contributed by atoms with Crippen LogP contribution in [0, 0.1) is 11.7 Å². The van der Waals surface area contributed by atoms with Crippen LogP contribution in [0.4, 0.5) is 10.1 Å². The normalized spacial score (nSPS) is 10.0. The van der Waals surface area contributed by atoms with Crippen molar-refractivity contribution in [3.05, 3.63) is 30.1 Å². The van der Waals surface area contributed by atoms with Gasteiger partial charge in [-0.2, -0.15) is 0 Å². The van der Waals surface area contributed by atoms with Crippen molar-refractivity contribution < 1.29 is 9.18 Å². The summed E-state index contributed by atoms with van der Waals surface area (Å²) in [6.07, 6.45) is 0.423. The van der Waals surface area contributed by atoms with Gasteiger partial charge in [0.15, 0.2) is 5.11 Å². The maximum Gasteiger partial charge on any atom is 0.238 e. The Morgan fingerprint density at radius 1 is 1.28 bits per heavy atom. The van der Waals surface area contributed by atoms with E-state index in [0.29, 0.717) is 12.1 Å². The first kappa shape index (κ1) is 14.4. The lowest BCUT2D eigenvalue weighted by Crippen LogP contribution is -2.44. The van der Waals surface area contributed by atoms with E-state index >= 15 is 0 Å². The molecule has 0 spiro atoms. The summed E-state index contributed by atoms with van der Waals surface area (Å²) in [6, 6.07) is 5.75. The number of halogens is 1. The number of nitrogens with one attached hydrogen (secondary N) is 3. The third-order valence-electron chi connectivity index (χ3n) is 2.01. The Labute approximate surface area is 111 Å². The van der Waals surface area contributed by atoms with Crippen LogP contribution in [0.15, 0.2) is 24.3 Å². The highest BCUT2D eigenvalue weighted by Crippen LogP contribution is 2.07. The maximum absolute atomic E-state index is 12.7. The maximum atomic E-state index is 12.7. The number of benzene rings is 1. The van der Waals surface area contributed by atoms with Crippen LogP contribution in [0.25, 0.3) is 0 Å². The lowest BCUT2D eigenvalue weighted by molar-refractivity contribution is -0.122. The van der Waals surface area contributed by atoms with E-state index in [1.807, 2.05) is 13.8 Å². The number of amides is 1. The van der Waals surface area contributed by atoms with E-state index < -0.39 is 0 Å². The average Bonchev–Trinajstić information content (AvgIpc) is 2.29. The van der Waals surface area contributed by atoms with Gasteiger partial charge in [-0.25, -0.2) is 4.39 Å². The zero-order valence-electron chi connectivity index (χ0n) is 10.3. The summed E-state index contributed by atoms with van der Waals surface area (Å²) in [5.41, 5.74) is 5.70. The first-order valence-electron chi connectivity index (χ1n) is 5.59. The summed E-state index contributed by atoms with van der Waals surface area (Å²) in [4.78, 5) is 11.3.